The molecule has 0 unspecified atom stereocenters. The Hall–Kier alpha value is -1.93. The van der Waals surface area contributed by atoms with E-state index in [1.807, 2.05) is 13.8 Å². The van der Waals surface area contributed by atoms with E-state index in [1.165, 1.54) is 24.3 Å². The Kier molecular flexibility index (Phi) is 5.53. The lowest BCUT2D eigenvalue weighted by molar-refractivity contribution is -0.137. The van der Waals surface area contributed by atoms with Gasteiger partial charge in [-0.25, -0.2) is 8.42 Å². The minimum Gasteiger partial charge on any atom is -0.491 e. The number of anilines is 1. The molecule has 2 rings (SSSR count). The Bertz CT molecular complexity index is 850. The molecule has 2 aromatic rings. The molecule has 0 aliphatic heterocycles. The fourth-order valence-electron chi connectivity index (χ4n) is 1.99. The minimum absolute atomic E-state index is 0.0737. The van der Waals surface area contributed by atoms with E-state index >= 15 is 0 Å². The van der Waals surface area contributed by atoms with E-state index in [0.29, 0.717) is 11.8 Å². The maximum atomic E-state index is 12.9. The zero-order valence-electron chi connectivity index (χ0n) is 13.3. The topological polar surface area (TPSA) is 55.4 Å². The molecule has 136 valence electrons. The van der Waals surface area contributed by atoms with Crippen LogP contribution in [0.2, 0.25) is 5.02 Å². The van der Waals surface area contributed by atoms with E-state index in [4.69, 9.17) is 16.3 Å². The minimum atomic E-state index is -4.69. The summed E-state index contributed by atoms with van der Waals surface area (Å²) in [5.74, 6) is 0.486. The highest BCUT2D eigenvalue weighted by Crippen LogP contribution is 2.36. The summed E-state index contributed by atoms with van der Waals surface area (Å²) in [4.78, 5) is -0.105. The van der Waals surface area contributed by atoms with Crippen LogP contribution in [0.15, 0.2) is 47.4 Å². The summed E-state index contributed by atoms with van der Waals surface area (Å²) < 4.78 is 70.7. The first kappa shape index (κ1) is 19.4. The molecule has 0 radical (unpaired) electrons. The van der Waals surface area contributed by atoms with Gasteiger partial charge in [-0.05, 0) is 56.3 Å². The van der Waals surface area contributed by atoms with Gasteiger partial charge in [-0.1, -0.05) is 11.6 Å². The highest BCUT2D eigenvalue weighted by atomic mass is 35.5. The van der Waals surface area contributed by atoms with Crippen LogP contribution in [0.5, 0.6) is 5.75 Å². The van der Waals surface area contributed by atoms with Crippen molar-refractivity contribution in [3.8, 4) is 5.75 Å². The van der Waals surface area contributed by atoms with Gasteiger partial charge in [-0.15, -0.1) is 0 Å². The molecule has 0 aliphatic carbocycles. The zero-order chi connectivity index (χ0) is 18.8. The monoisotopic (exact) mass is 393 g/mol. The lowest BCUT2D eigenvalue weighted by Crippen LogP contribution is -2.14. The largest absolute Gasteiger partial charge is 0.491 e. The molecule has 2 aromatic carbocycles. The van der Waals surface area contributed by atoms with E-state index in [2.05, 4.69) is 4.72 Å². The first-order chi connectivity index (χ1) is 11.5. The van der Waals surface area contributed by atoms with Crippen LogP contribution in [0.1, 0.15) is 19.4 Å². The number of benzene rings is 2. The molecule has 0 fully saturated rings. The van der Waals surface area contributed by atoms with Gasteiger partial charge in [0.1, 0.15) is 5.75 Å². The molecule has 0 saturated carbocycles. The molecule has 0 atom stereocenters. The Labute approximate surface area is 148 Å². The van der Waals surface area contributed by atoms with Crippen molar-refractivity contribution >= 4 is 27.3 Å². The number of sulfonamides is 1. The third-order valence-corrected chi connectivity index (χ3v) is 4.76. The van der Waals surface area contributed by atoms with E-state index in [9.17, 15) is 21.6 Å². The van der Waals surface area contributed by atoms with Crippen molar-refractivity contribution < 1.29 is 26.3 Å². The van der Waals surface area contributed by atoms with Crippen LogP contribution in [-0.4, -0.2) is 14.5 Å². The van der Waals surface area contributed by atoms with Crippen LogP contribution in [0.4, 0.5) is 18.9 Å². The summed E-state index contributed by atoms with van der Waals surface area (Å²) in [5.41, 5.74) is -1.35. The maximum absolute atomic E-state index is 12.9. The molecule has 0 amide bonds. The van der Waals surface area contributed by atoms with Crippen molar-refractivity contribution in [2.45, 2.75) is 31.0 Å². The second-order valence-corrected chi connectivity index (χ2v) is 7.53. The van der Waals surface area contributed by atoms with Crippen LogP contribution in [0.3, 0.4) is 0 Å². The van der Waals surface area contributed by atoms with Gasteiger partial charge in [0.2, 0.25) is 0 Å². The molecule has 1 N–H and O–H groups in total. The third kappa shape index (κ3) is 5.02. The summed E-state index contributed by atoms with van der Waals surface area (Å²) in [6.07, 6.45) is -4.76. The van der Waals surface area contributed by atoms with Gasteiger partial charge in [0, 0.05) is 5.69 Å². The highest BCUT2D eigenvalue weighted by Gasteiger charge is 2.33. The van der Waals surface area contributed by atoms with Crippen LogP contribution in [0, 0.1) is 0 Å². The second kappa shape index (κ2) is 7.13. The molecular formula is C16H15ClF3NO3S. The van der Waals surface area contributed by atoms with Gasteiger partial charge >= 0.3 is 6.18 Å². The smallest absolute Gasteiger partial charge is 0.417 e. The zero-order valence-corrected chi connectivity index (χ0v) is 14.8. The molecule has 0 saturated heterocycles. The molecule has 0 bridgehead atoms. The van der Waals surface area contributed by atoms with Crippen molar-refractivity contribution in [2.24, 2.45) is 0 Å². The first-order valence-corrected chi connectivity index (χ1v) is 9.01. The van der Waals surface area contributed by atoms with Crippen molar-refractivity contribution in [3.63, 3.8) is 0 Å². The molecule has 9 heteroatoms. The van der Waals surface area contributed by atoms with Crippen LogP contribution in [-0.2, 0) is 16.2 Å². The average Bonchev–Trinajstić information content (AvgIpc) is 2.48. The van der Waals surface area contributed by atoms with E-state index in [1.54, 1.807) is 0 Å². The Morgan fingerprint density at radius 2 is 1.68 bits per heavy atom. The van der Waals surface area contributed by atoms with Crippen molar-refractivity contribution in [3.05, 3.63) is 53.1 Å². The summed E-state index contributed by atoms with van der Waals surface area (Å²) >= 11 is 5.52. The Morgan fingerprint density at radius 1 is 1.08 bits per heavy atom. The van der Waals surface area contributed by atoms with E-state index < -0.39 is 26.8 Å². The summed E-state index contributed by atoms with van der Waals surface area (Å²) in [7, 11) is -4.05. The van der Waals surface area contributed by atoms with Gasteiger partial charge in [-0.2, -0.15) is 13.2 Å². The van der Waals surface area contributed by atoms with E-state index in [0.717, 1.165) is 12.1 Å². The number of rotatable bonds is 5. The second-order valence-electron chi connectivity index (χ2n) is 5.44. The van der Waals surface area contributed by atoms with Crippen LogP contribution >= 0.6 is 11.6 Å². The number of nitrogens with one attached hydrogen (secondary N) is 1. The van der Waals surface area contributed by atoms with Gasteiger partial charge in [0.25, 0.3) is 10.0 Å². The molecule has 0 heterocycles. The molecule has 25 heavy (non-hydrogen) atoms. The van der Waals surface area contributed by atoms with Gasteiger partial charge in [-0.3, -0.25) is 4.72 Å². The highest BCUT2D eigenvalue weighted by molar-refractivity contribution is 7.92. The molecule has 0 aliphatic rings. The number of halogens is 4. The summed E-state index contributed by atoms with van der Waals surface area (Å²) in [5, 5.41) is -0.509. The van der Waals surface area contributed by atoms with Gasteiger partial charge < -0.3 is 4.74 Å². The number of hydrogen-bond donors (Lipinski definition) is 1. The summed E-state index contributed by atoms with van der Waals surface area (Å²) in [6, 6.07) is 8.35. The standard InChI is InChI=1S/C16H15ClF3NO3S/c1-10(2)24-12-4-6-13(7-5-12)25(22,23)21-11-3-8-15(17)14(9-11)16(18,19)20/h3-10,21H,1-2H3. The van der Waals surface area contributed by atoms with Gasteiger partial charge in [0.15, 0.2) is 0 Å². The first-order valence-electron chi connectivity index (χ1n) is 7.15. The Morgan fingerprint density at radius 3 is 2.20 bits per heavy atom. The quantitative estimate of drug-likeness (QED) is 0.782. The SMILES string of the molecule is CC(C)Oc1ccc(S(=O)(=O)Nc2ccc(Cl)c(C(F)(F)F)c2)cc1. The van der Waals surface area contributed by atoms with Crippen molar-refractivity contribution in [1.29, 1.82) is 0 Å². The fourth-order valence-corrected chi connectivity index (χ4v) is 3.26. The number of alkyl halides is 3. The lowest BCUT2D eigenvalue weighted by atomic mass is 10.2. The molecule has 4 nitrogen and oxygen atoms in total. The predicted octanol–water partition coefficient (Wildman–Crippen LogP) is 4.95. The lowest BCUT2D eigenvalue weighted by Gasteiger charge is -2.13. The third-order valence-electron chi connectivity index (χ3n) is 3.03. The normalized spacial score (nSPS) is 12.3. The van der Waals surface area contributed by atoms with Crippen molar-refractivity contribution in [1.82, 2.24) is 0 Å². The summed E-state index contributed by atoms with van der Waals surface area (Å²) in [6.45, 7) is 3.65. The number of ether oxygens (including phenoxy) is 1. The average molecular weight is 394 g/mol. The number of hydrogen-bond acceptors (Lipinski definition) is 3. The Balaban J connectivity index is 2.27. The van der Waals surface area contributed by atoms with Crippen LogP contribution in [0.25, 0.3) is 0 Å². The molecular weight excluding hydrogens is 379 g/mol. The van der Waals surface area contributed by atoms with Crippen LogP contribution < -0.4 is 9.46 Å². The van der Waals surface area contributed by atoms with E-state index in [-0.39, 0.29) is 16.7 Å². The maximum Gasteiger partial charge on any atom is 0.417 e. The predicted molar refractivity (Wildman–Crippen MR) is 89.5 cm³/mol. The van der Waals surface area contributed by atoms with Gasteiger partial charge in [0.05, 0.1) is 21.6 Å². The molecule has 0 aromatic heterocycles. The fraction of sp³-hybridized carbons (Fsp3) is 0.250. The molecule has 0 spiro atoms. The van der Waals surface area contributed by atoms with Crippen molar-refractivity contribution in [2.75, 3.05) is 4.72 Å².